The van der Waals surface area contributed by atoms with Crippen LogP contribution in [0.1, 0.15) is 55.7 Å². The minimum Gasteiger partial charge on any atom is -0.352 e. The number of hydrogen-bond donors (Lipinski definition) is 1. The Kier molecular flexibility index (Phi) is 7.43. The van der Waals surface area contributed by atoms with Crippen LogP contribution in [0.25, 0.3) is 10.8 Å². The highest BCUT2D eigenvalue weighted by Gasteiger charge is 2.28. The minimum absolute atomic E-state index is 0.0141. The first-order chi connectivity index (χ1) is 16.0. The molecule has 4 rings (SSSR count). The van der Waals surface area contributed by atoms with Gasteiger partial charge in [-0.15, -0.1) is 0 Å². The number of benzene rings is 3. The molecule has 0 unspecified atom stereocenters. The Morgan fingerprint density at radius 1 is 0.939 bits per heavy atom. The molecule has 1 aliphatic carbocycles. The van der Waals surface area contributed by atoms with E-state index in [1.54, 1.807) is 4.90 Å². The van der Waals surface area contributed by atoms with Gasteiger partial charge in [0.25, 0.3) is 0 Å². The molecule has 4 nitrogen and oxygen atoms in total. The van der Waals surface area contributed by atoms with Gasteiger partial charge in [-0.3, -0.25) is 9.59 Å². The number of fused-ring (bicyclic) bond motifs is 1. The molecule has 0 heterocycles. The van der Waals surface area contributed by atoms with Crippen LogP contribution in [-0.2, 0) is 22.6 Å². The van der Waals surface area contributed by atoms with Gasteiger partial charge in [0.2, 0.25) is 11.8 Å². The Morgan fingerprint density at radius 3 is 2.39 bits per heavy atom. The molecule has 1 fully saturated rings. The molecular weight excluding hydrogens is 408 g/mol. The highest BCUT2D eigenvalue weighted by Crippen LogP contribution is 2.22. The van der Waals surface area contributed by atoms with Crippen molar-refractivity contribution in [2.24, 2.45) is 0 Å². The Labute approximate surface area is 197 Å². The van der Waals surface area contributed by atoms with E-state index >= 15 is 0 Å². The van der Waals surface area contributed by atoms with Gasteiger partial charge in [-0.2, -0.15) is 0 Å². The number of aryl methyl sites for hydroxylation is 2. The van der Waals surface area contributed by atoms with Crippen LogP contribution in [0.4, 0.5) is 0 Å². The van der Waals surface area contributed by atoms with E-state index in [-0.39, 0.29) is 17.9 Å². The minimum atomic E-state index is -0.509. The summed E-state index contributed by atoms with van der Waals surface area (Å²) in [5, 5.41) is 5.55. The number of rotatable bonds is 8. The third kappa shape index (κ3) is 5.62. The highest BCUT2D eigenvalue weighted by molar-refractivity contribution is 5.89. The van der Waals surface area contributed by atoms with E-state index in [1.807, 2.05) is 43.3 Å². The second-order valence-electron chi connectivity index (χ2n) is 9.25. The van der Waals surface area contributed by atoms with Gasteiger partial charge in [0.15, 0.2) is 0 Å². The van der Waals surface area contributed by atoms with Gasteiger partial charge < -0.3 is 10.2 Å². The number of carbonyl (C=O) groups is 2. The van der Waals surface area contributed by atoms with Gasteiger partial charge in [-0.05, 0) is 60.6 Å². The summed E-state index contributed by atoms with van der Waals surface area (Å²) >= 11 is 0. The molecule has 33 heavy (non-hydrogen) atoms. The average Bonchev–Trinajstić information content (AvgIpc) is 3.34. The summed E-state index contributed by atoms with van der Waals surface area (Å²) in [6.45, 7) is 4.36. The SMILES string of the molecule is Cc1ccccc1CN(C(=O)CCc1cccc2ccccc12)[C@@H](C)C(=O)NC1CCCC1. The number of hydrogen-bond acceptors (Lipinski definition) is 2. The number of carbonyl (C=O) groups excluding carboxylic acids is 2. The fourth-order valence-corrected chi connectivity index (χ4v) is 4.84. The molecule has 4 heteroatoms. The lowest BCUT2D eigenvalue weighted by Gasteiger charge is -2.30. The molecule has 0 aliphatic heterocycles. The lowest BCUT2D eigenvalue weighted by Crippen LogP contribution is -2.49. The predicted molar refractivity (Wildman–Crippen MR) is 134 cm³/mol. The summed E-state index contributed by atoms with van der Waals surface area (Å²) in [6.07, 6.45) is 5.42. The average molecular weight is 443 g/mol. The Bertz CT molecular complexity index is 1110. The van der Waals surface area contributed by atoms with Crippen molar-refractivity contribution >= 4 is 22.6 Å². The summed E-state index contributed by atoms with van der Waals surface area (Å²) in [4.78, 5) is 28.3. The molecule has 0 saturated heterocycles. The van der Waals surface area contributed by atoms with Crippen molar-refractivity contribution in [2.45, 2.75) is 71.0 Å². The van der Waals surface area contributed by atoms with Crippen molar-refractivity contribution in [1.82, 2.24) is 10.2 Å². The second kappa shape index (κ2) is 10.7. The van der Waals surface area contributed by atoms with Crippen LogP contribution in [0.3, 0.4) is 0 Å². The Morgan fingerprint density at radius 2 is 1.61 bits per heavy atom. The van der Waals surface area contributed by atoms with Gasteiger partial charge >= 0.3 is 0 Å². The van der Waals surface area contributed by atoms with Crippen LogP contribution in [0, 0.1) is 6.92 Å². The highest BCUT2D eigenvalue weighted by atomic mass is 16.2. The smallest absolute Gasteiger partial charge is 0.242 e. The molecule has 0 bridgehead atoms. The third-order valence-electron chi connectivity index (χ3n) is 6.96. The van der Waals surface area contributed by atoms with Crippen LogP contribution in [0.2, 0.25) is 0 Å². The first kappa shape index (κ1) is 23.0. The first-order valence-corrected chi connectivity index (χ1v) is 12.1. The maximum Gasteiger partial charge on any atom is 0.242 e. The van der Waals surface area contributed by atoms with Crippen molar-refractivity contribution in [3.63, 3.8) is 0 Å². The van der Waals surface area contributed by atoms with Crippen molar-refractivity contribution in [2.75, 3.05) is 0 Å². The molecule has 1 saturated carbocycles. The first-order valence-electron chi connectivity index (χ1n) is 12.1. The van der Waals surface area contributed by atoms with Gasteiger partial charge in [0, 0.05) is 19.0 Å². The van der Waals surface area contributed by atoms with Gasteiger partial charge in [-0.1, -0.05) is 79.6 Å². The molecule has 3 aromatic carbocycles. The van der Waals surface area contributed by atoms with Gasteiger partial charge in [0.05, 0.1) is 0 Å². The molecule has 0 spiro atoms. The van der Waals surface area contributed by atoms with E-state index in [0.717, 1.165) is 36.8 Å². The topological polar surface area (TPSA) is 49.4 Å². The van der Waals surface area contributed by atoms with Gasteiger partial charge in [-0.25, -0.2) is 0 Å². The van der Waals surface area contributed by atoms with Crippen molar-refractivity contribution in [1.29, 1.82) is 0 Å². The summed E-state index contributed by atoms with van der Waals surface area (Å²) in [7, 11) is 0. The number of nitrogens with zero attached hydrogens (tertiary/aromatic N) is 1. The fraction of sp³-hybridized carbons (Fsp3) is 0.379. The van der Waals surface area contributed by atoms with Crippen molar-refractivity contribution in [3.05, 3.63) is 83.4 Å². The molecule has 0 radical (unpaired) electrons. The zero-order chi connectivity index (χ0) is 23.2. The summed E-state index contributed by atoms with van der Waals surface area (Å²) in [5.41, 5.74) is 3.38. The monoisotopic (exact) mass is 442 g/mol. The van der Waals surface area contributed by atoms with Crippen LogP contribution >= 0.6 is 0 Å². The lowest BCUT2D eigenvalue weighted by molar-refractivity contribution is -0.140. The molecule has 0 aromatic heterocycles. The van der Waals surface area contributed by atoms with Gasteiger partial charge in [0.1, 0.15) is 6.04 Å². The van der Waals surface area contributed by atoms with E-state index in [0.29, 0.717) is 19.4 Å². The van der Waals surface area contributed by atoms with Crippen molar-refractivity contribution < 1.29 is 9.59 Å². The van der Waals surface area contributed by atoms with Crippen LogP contribution in [0.5, 0.6) is 0 Å². The Balaban J connectivity index is 1.51. The van der Waals surface area contributed by atoms with Crippen LogP contribution in [0.15, 0.2) is 66.7 Å². The summed E-state index contributed by atoms with van der Waals surface area (Å²) in [6, 6.07) is 22.3. The van der Waals surface area contributed by atoms with Crippen molar-refractivity contribution in [3.8, 4) is 0 Å². The van der Waals surface area contributed by atoms with E-state index in [4.69, 9.17) is 0 Å². The van der Waals surface area contributed by atoms with E-state index in [1.165, 1.54) is 16.3 Å². The summed E-state index contributed by atoms with van der Waals surface area (Å²) in [5.74, 6) is -0.0331. The quantitative estimate of drug-likeness (QED) is 0.497. The number of nitrogens with one attached hydrogen (secondary N) is 1. The van der Waals surface area contributed by atoms with E-state index in [9.17, 15) is 9.59 Å². The second-order valence-corrected chi connectivity index (χ2v) is 9.25. The lowest BCUT2D eigenvalue weighted by atomic mass is 10.00. The standard InChI is InChI=1S/C29H34N2O2/c1-21-10-3-4-12-25(21)20-31(22(2)29(33)30-26-15-6-7-16-26)28(32)19-18-24-14-9-13-23-11-5-8-17-27(23)24/h3-5,8-14,17,22,26H,6-7,15-16,18-20H2,1-2H3,(H,30,33)/t22-/m0/s1. The normalized spacial score (nSPS) is 14.8. The molecule has 2 amide bonds. The maximum atomic E-state index is 13.5. The summed E-state index contributed by atoms with van der Waals surface area (Å²) < 4.78 is 0. The van der Waals surface area contributed by atoms with E-state index < -0.39 is 6.04 Å². The number of amides is 2. The molecule has 1 atom stereocenters. The van der Waals surface area contributed by atoms with Crippen LogP contribution in [-0.4, -0.2) is 28.8 Å². The molecule has 1 aliphatic rings. The van der Waals surface area contributed by atoms with E-state index in [2.05, 4.69) is 42.6 Å². The molecule has 1 N–H and O–H groups in total. The predicted octanol–water partition coefficient (Wildman–Crippen LogP) is 5.56. The third-order valence-corrected chi connectivity index (χ3v) is 6.96. The fourth-order valence-electron chi connectivity index (χ4n) is 4.84. The Hall–Kier alpha value is -3.14. The molecule has 3 aromatic rings. The van der Waals surface area contributed by atoms with Crippen LogP contribution < -0.4 is 5.32 Å². The maximum absolute atomic E-state index is 13.5. The zero-order valence-corrected chi connectivity index (χ0v) is 19.7. The zero-order valence-electron chi connectivity index (χ0n) is 19.7. The molecule has 172 valence electrons. The molecular formula is C29H34N2O2. The largest absolute Gasteiger partial charge is 0.352 e.